The molecule has 4 aromatic rings. The van der Waals surface area contributed by atoms with Gasteiger partial charge in [-0.1, -0.05) is 44.0 Å². The number of carbonyl (C=O) groups excluding carboxylic acids is 1. The number of halogens is 2. The second-order valence-electron chi connectivity index (χ2n) is 6.28. The zero-order valence-electron chi connectivity index (χ0n) is 14.2. The maximum absolute atomic E-state index is 13.2. The summed E-state index contributed by atoms with van der Waals surface area (Å²) in [6.07, 6.45) is 3.57. The Labute approximate surface area is 167 Å². The molecule has 2 aromatic carbocycles. The number of fused-ring (bicyclic) bond motifs is 2. The molecule has 5 nitrogen and oxygen atoms in total. The van der Waals surface area contributed by atoms with E-state index in [0.29, 0.717) is 0 Å². The highest BCUT2D eigenvalue weighted by Crippen LogP contribution is 2.29. The van der Waals surface area contributed by atoms with E-state index >= 15 is 0 Å². The summed E-state index contributed by atoms with van der Waals surface area (Å²) in [6.45, 7) is 3.77. The summed E-state index contributed by atoms with van der Waals surface area (Å²) in [7, 11) is 0. The van der Waals surface area contributed by atoms with Gasteiger partial charge >= 0.3 is 0 Å². The van der Waals surface area contributed by atoms with Gasteiger partial charge in [0, 0.05) is 19.7 Å². The second kappa shape index (κ2) is 6.63. The number of nitrogens with zero attached hydrogens (tertiary/aromatic N) is 4. The summed E-state index contributed by atoms with van der Waals surface area (Å²) in [5.41, 5.74) is 1.86. The fraction of sp³-hybridized carbons (Fsp3) is 0.211. The number of rotatable bonds is 4. The largest absolute Gasteiger partial charge is 0.295 e. The minimum atomic E-state index is -0.400. The lowest BCUT2D eigenvalue weighted by Gasteiger charge is -2.19. The van der Waals surface area contributed by atoms with E-state index in [0.717, 1.165) is 30.8 Å². The van der Waals surface area contributed by atoms with E-state index in [1.807, 2.05) is 50.2 Å². The Morgan fingerprint density at radius 2 is 1.27 bits per heavy atom. The van der Waals surface area contributed by atoms with Gasteiger partial charge in [0.15, 0.2) is 5.78 Å². The zero-order chi connectivity index (χ0) is 18.4. The van der Waals surface area contributed by atoms with Gasteiger partial charge in [0.25, 0.3) is 0 Å². The van der Waals surface area contributed by atoms with E-state index in [-0.39, 0.29) is 5.78 Å². The summed E-state index contributed by atoms with van der Waals surface area (Å²) in [5.74, 6) is 0.0555. The summed E-state index contributed by atoms with van der Waals surface area (Å²) >= 11 is 7.07. The number of aromatic nitrogens is 4. The quantitative estimate of drug-likeness (QED) is 0.402. The Balaban J connectivity index is 1.71. The summed E-state index contributed by atoms with van der Waals surface area (Å²) in [4.78, 5) is 13.2. The van der Waals surface area contributed by atoms with Crippen LogP contribution in [0.2, 0.25) is 0 Å². The molecule has 0 aliphatic rings. The molecule has 2 heterocycles. The molecule has 132 valence electrons. The smallest absolute Gasteiger partial charge is 0.181 e. The van der Waals surface area contributed by atoms with Gasteiger partial charge < -0.3 is 0 Å². The molecule has 0 saturated carbocycles. The number of hydrogen-bond acceptors (Lipinski definition) is 3. The third-order valence-corrected chi connectivity index (χ3v) is 6.12. The standard InChI is InChI=1S/C19H16Br2N4O/c1-11(24-17-7-3-5-15(20)13(17)9-22-24)19(26)12(2)25-18-8-4-6-16(21)14(18)10-23-25/h3-12H,1-2H3. The van der Waals surface area contributed by atoms with Crippen molar-refractivity contribution in [1.82, 2.24) is 19.6 Å². The Morgan fingerprint density at radius 3 is 1.69 bits per heavy atom. The van der Waals surface area contributed by atoms with E-state index in [2.05, 4.69) is 42.1 Å². The van der Waals surface area contributed by atoms with Gasteiger partial charge in [-0.25, -0.2) is 0 Å². The topological polar surface area (TPSA) is 52.7 Å². The Kier molecular flexibility index (Phi) is 4.44. The van der Waals surface area contributed by atoms with Crippen molar-refractivity contribution in [2.45, 2.75) is 25.9 Å². The Morgan fingerprint density at radius 1 is 0.846 bits per heavy atom. The monoisotopic (exact) mass is 474 g/mol. The molecular weight excluding hydrogens is 460 g/mol. The van der Waals surface area contributed by atoms with E-state index in [1.54, 1.807) is 21.8 Å². The van der Waals surface area contributed by atoms with Crippen molar-refractivity contribution in [3.8, 4) is 0 Å². The van der Waals surface area contributed by atoms with Crippen LogP contribution in [0, 0.1) is 0 Å². The highest BCUT2D eigenvalue weighted by atomic mass is 79.9. The van der Waals surface area contributed by atoms with Crippen LogP contribution < -0.4 is 0 Å². The number of ketones is 1. The van der Waals surface area contributed by atoms with E-state index in [1.165, 1.54) is 0 Å². The number of Topliss-reactive ketones (excluding diaryl/α,β-unsaturated/α-hetero) is 1. The van der Waals surface area contributed by atoms with Crippen LogP contribution in [-0.4, -0.2) is 25.3 Å². The van der Waals surface area contributed by atoms with Crippen LogP contribution in [0.4, 0.5) is 0 Å². The highest BCUT2D eigenvalue weighted by molar-refractivity contribution is 9.11. The molecule has 4 rings (SSSR count). The van der Waals surface area contributed by atoms with Crippen LogP contribution in [0.1, 0.15) is 25.9 Å². The maximum Gasteiger partial charge on any atom is 0.181 e. The average Bonchev–Trinajstić information content (AvgIpc) is 3.26. The van der Waals surface area contributed by atoms with Crippen molar-refractivity contribution in [2.75, 3.05) is 0 Å². The molecule has 0 N–H and O–H groups in total. The third-order valence-electron chi connectivity index (χ3n) is 4.73. The molecule has 0 radical (unpaired) electrons. The van der Waals surface area contributed by atoms with Crippen LogP contribution in [0.15, 0.2) is 57.7 Å². The van der Waals surface area contributed by atoms with Gasteiger partial charge in [-0.15, -0.1) is 0 Å². The Bertz CT molecular complexity index is 1040. The van der Waals surface area contributed by atoms with Crippen molar-refractivity contribution in [2.24, 2.45) is 0 Å². The van der Waals surface area contributed by atoms with Gasteiger partial charge in [0.2, 0.25) is 0 Å². The first kappa shape index (κ1) is 17.4. The van der Waals surface area contributed by atoms with Crippen molar-refractivity contribution >= 4 is 59.4 Å². The van der Waals surface area contributed by atoms with Crippen LogP contribution >= 0.6 is 31.9 Å². The molecule has 2 aromatic heterocycles. The molecular formula is C19H16Br2N4O. The molecule has 0 aliphatic carbocycles. The lowest BCUT2D eigenvalue weighted by Crippen LogP contribution is -2.26. The fourth-order valence-electron chi connectivity index (χ4n) is 3.28. The fourth-order valence-corrected chi connectivity index (χ4v) is 4.19. The SMILES string of the molecule is CC(C(=O)C(C)n1ncc2c(Br)cccc21)n1ncc2c(Br)cccc21. The third kappa shape index (κ3) is 2.70. The molecule has 0 bridgehead atoms. The van der Waals surface area contributed by atoms with Crippen LogP contribution in [0.25, 0.3) is 21.8 Å². The van der Waals surface area contributed by atoms with Crippen LogP contribution in [-0.2, 0) is 4.79 Å². The zero-order valence-corrected chi connectivity index (χ0v) is 17.4. The van der Waals surface area contributed by atoms with Gasteiger partial charge in [-0.05, 0) is 38.1 Å². The van der Waals surface area contributed by atoms with Gasteiger partial charge in [0.05, 0.1) is 23.4 Å². The number of carbonyl (C=O) groups is 1. The summed E-state index contributed by atoms with van der Waals surface area (Å²) in [6, 6.07) is 11.0. The minimum absolute atomic E-state index is 0.0555. The molecule has 2 unspecified atom stereocenters. The highest BCUT2D eigenvalue weighted by Gasteiger charge is 2.26. The second-order valence-corrected chi connectivity index (χ2v) is 7.99. The predicted octanol–water partition coefficient (Wildman–Crippen LogP) is 5.30. The first-order valence-electron chi connectivity index (χ1n) is 8.26. The average molecular weight is 476 g/mol. The van der Waals surface area contributed by atoms with Crippen molar-refractivity contribution < 1.29 is 4.79 Å². The first-order valence-corrected chi connectivity index (χ1v) is 9.85. The van der Waals surface area contributed by atoms with Crippen LogP contribution in [0.3, 0.4) is 0 Å². The van der Waals surface area contributed by atoms with Gasteiger partial charge in [-0.2, -0.15) is 10.2 Å². The molecule has 7 heteroatoms. The van der Waals surface area contributed by atoms with Crippen molar-refractivity contribution in [3.05, 3.63) is 57.7 Å². The van der Waals surface area contributed by atoms with Gasteiger partial charge in [0.1, 0.15) is 12.1 Å². The summed E-state index contributed by atoms with van der Waals surface area (Å²) < 4.78 is 5.50. The van der Waals surface area contributed by atoms with E-state index in [4.69, 9.17) is 0 Å². The lowest BCUT2D eigenvalue weighted by molar-refractivity contribution is -0.124. The van der Waals surface area contributed by atoms with Gasteiger partial charge in [-0.3, -0.25) is 14.2 Å². The lowest BCUT2D eigenvalue weighted by atomic mass is 10.1. The molecule has 2 atom stereocenters. The minimum Gasteiger partial charge on any atom is -0.295 e. The molecule has 0 saturated heterocycles. The number of benzene rings is 2. The maximum atomic E-state index is 13.2. The molecule has 0 fully saturated rings. The Hall–Kier alpha value is -1.99. The van der Waals surface area contributed by atoms with E-state index in [9.17, 15) is 4.79 Å². The van der Waals surface area contributed by atoms with Crippen molar-refractivity contribution in [3.63, 3.8) is 0 Å². The predicted molar refractivity (Wildman–Crippen MR) is 109 cm³/mol. The number of hydrogen-bond donors (Lipinski definition) is 0. The van der Waals surface area contributed by atoms with Crippen molar-refractivity contribution in [1.29, 1.82) is 0 Å². The molecule has 0 amide bonds. The molecule has 26 heavy (non-hydrogen) atoms. The van der Waals surface area contributed by atoms with E-state index < -0.39 is 12.1 Å². The summed E-state index contributed by atoms with van der Waals surface area (Å²) in [5, 5.41) is 10.9. The molecule has 0 spiro atoms. The molecule has 0 aliphatic heterocycles. The van der Waals surface area contributed by atoms with Crippen LogP contribution in [0.5, 0.6) is 0 Å². The normalized spacial score (nSPS) is 14.0. The first-order chi connectivity index (χ1) is 12.5.